The Kier molecular flexibility index (Phi) is 5.45. The molecule has 0 spiro atoms. The highest BCUT2D eigenvalue weighted by atomic mass is 35.5. The lowest BCUT2D eigenvalue weighted by atomic mass is 9.99. The van der Waals surface area contributed by atoms with E-state index in [1.807, 2.05) is 6.92 Å². The molecule has 3 heterocycles. The zero-order valence-electron chi connectivity index (χ0n) is 17.7. The van der Waals surface area contributed by atoms with E-state index in [0.29, 0.717) is 21.3 Å². The fraction of sp³-hybridized carbons (Fsp3) is 0.208. The lowest BCUT2D eigenvalue weighted by molar-refractivity contribution is 0.103. The maximum Gasteiger partial charge on any atom is 0.266 e. The number of thiophene rings is 1. The Morgan fingerprint density at radius 3 is 2.78 bits per heavy atom. The van der Waals surface area contributed by atoms with Crippen molar-refractivity contribution in [1.29, 1.82) is 0 Å². The van der Waals surface area contributed by atoms with Crippen LogP contribution in [-0.4, -0.2) is 29.5 Å². The molecule has 0 radical (unpaired) electrons. The summed E-state index contributed by atoms with van der Waals surface area (Å²) in [6, 6.07) is 13.7. The number of hydrogen-bond donors (Lipinski definition) is 1. The maximum absolute atomic E-state index is 13.1. The van der Waals surface area contributed by atoms with Gasteiger partial charge in [-0.05, 0) is 48.2 Å². The van der Waals surface area contributed by atoms with Crippen LogP contribution < -0.4 is 15.0 Å². The van der Waals surface area contributed by atoms with Crippen molar-refractivity contribution in [2.75, 3.05) is 23.9 Å². The Morgan fingerprint density at radius 1 is 1.19 bits per heavy atom. The van der Waals surface area contributed by atoms with Crippen LogP contribution in [0.2, 0.25) is 5.02 Å². The number of aryl methyl sites for hydroxylation is 1. The molecule has 2 aromatic heterocycles. The summed E-state index contributed by atoms with van der Waals surface area (Å²) in [5.41, 5.74) is 4.19. The average Bonchev–Trinajstić information content (AvgIpc) is 3.16. The minimum Gasteiger partial charge on any atom is -0.495 e. The van der Waals surface area contributed by atoms with Crippen LogP contribution in [0.5, 0.6) is 5.75 Å². The van der Waals surface area contributed by atoms with Crippen LogP contribution in [0, 0.1) is 6.92 Å². The number of rotatable bonds is 4. The zero-order chi connectivity index (χ0) is 22.2. The van der Waals surface area contributed by atoms with Gasteiger partial charge in [-0.15, -0.1) is 11.3 Å². The second kappa shape index (κ2) is 8.41. The van der Waals surface area contributed by atoms with E-state index in [1.54, 1.807) is 31.6 Å². The van der Waals surface area contributed by atoms with E-state index < -0.39 is 0 Å². The van der Waals surface area contributed by atoms with Gasteiger partial charge >= 0.3 is 0 Å². The van der Waals surface area contributed by atoms with Crippen LogP contribution in [0.1, 0.15) is 26.4 Å². The Balaban J connectivity index is 1.47. The number of ether oxygens (including phenoxy) is 1. The molecule has 0 atom stereocenters. The summed E-state index contributed by atoms with van der Waals surface area (Å²) < 4.78 is 5.18. The van der Waals surface area contributed by atoms with Crippen molar-refractivity contribution in [2.45, 2.75) is 19.9 Å². The molecule has 5 rings (SSSR count). The summed E-state index contributed by atoms with van der Waals surface area (Å²) in [7, 11) is 1.56. The number of methoxy groups -OCH3 is 1. The largest absolute Gasteiger partial charge is 0.495 e. The van der Waals surface area contributed by atoms with Gasteiger partial charge in [0.1, 0.15) is 22.7 Å². The summed E-state index contributed by atoms with van der Waals surface area (Å²) in [6.07, 6.45) is 2.55. The Bertz CT molecular complexity index is 1340. The fourth-order valence-electron chi connectivity index (χ4n) is 4.12. The lowest BCUT2D eigenvalue weighted by Crippen LogP contribution is -2.31. The molecule has 1 aliphatic rings. The zero-order valence-corrected chi connectivity index (χ0v) is 19.3. The first-order chi connectivity index (χ1) is 15.5. The van der Waals surface area contributed by atoms with Gasteiger partial charge in [0.05, 0.1) is 22.4 Å². The molecule has 32 heavy (non-hydrogen) atoms. The minimum absolute atomic E-state index is 0.193. The number of fused-ring (bicyclic) bond motifs is 2. The van der Waals surface area contributed by atoms with Crippen LogP contribution in [0.25, 0.3) is 10.2 Å². The fourth-order valence-corrected chi connectivity index (χ4v) is 5.41. The number of amides is 1. The van der Waals surface area contributed by atoms with Crippen molar-refractivity contribution < 1.29 is 9.53 Å². The molecular weight excluding hydrogens is 444 g/mol. The summed E-state index contributed by atoms with van der Waals surface area (Å²) in [5.74, 6) is 1.25. The molecule has 0 unspecified atom stereocenters. The van der Waals surface area contributed by atoms with Crippen molar-refractivity contribution in [2.24, 2.45) is 0 Å². The third-order valence-corrected chi connectivity index (χ3v) is 7.25. The molecule has 2 aromatic carbocycles. The van der Waals surface area contributed by atoms with E-state index in [9.17, 15) is 4.79 Å². The number of nitrogens with zero attached hydrogens (tertiary/aromatic N) is 3. The van der Waals surface area contributed by atoms with Crippen molar-refractivity contribution in [3.8, 4) is 5.75 Å². The molecule has 0 saturated heterocycles. The molecule has 0 fully saturated rings. The normalized spacial score (nSPS) is 13.2. The van der Waals surface area contributed by atoms with E-state index in [0.717, 1.165) is 41.1 Å². The van der Waals surface area contributed by atoms with E-state index in [1.165, 1.54) is 22.5 Å². The first-order valence-corrected chi connectivity index (χ1v) is 11.5. The minimum atomic E-state index is -0.193. The molecule has 1 N–H and O–H groups in total. The predicted octanol–water partition coefficient (Wildman–Crippen LogP) is 5.48. The molecule has 0 aliphatic carbocycles. The van der Waals surface area contributed by atoms with Crippen LogP contribution in [-0.2, 0) is 13.0 Å². The van der Waals surface area contributed by atoms with Crippen molar-refractivity contribution >= 4 is 50.6 Å². The smallest absolute Gasteiger partial charge is 0.266 e. The Hall–Kier alpha value is -3.16. The Labute approximate surface area is 194 Å². The number of benzene rings is 2. The molecule has 8 heteroatoms. The average molecular weight is 465 g/mol. The molecule has 6 nitrogen and oxygen atoms in total. The standard InChI is InChI=1S/C24H21ClN4O2S/c1-14-20-22(29-10-9-15-5-3-4-6-16(15)12-29)26-13-27-24(20)32-21(14)23(30)28-17-7-8-19(31-2)18(25)11-17/h3-8,11,13H,9-10,12H2,1-2H3,(H,28,30). The highest BCUT2D eigenvalue weighted by Gasteiger charge is 2.24. The third kappa shape index (κ3) is 3.67. The van der Waals surface area contributed by atoms with Gasteiger partial charge in [0.2, 0.25) is 0 Å². The van der Waals surface area contributed by atoms with Gasteiger partial charge in [-0.1, -0.05) is 35.9 Å². The molecule has 1 amide bonds. The van der Waals surface area contributed by atoms with E-state index in [4.69, 9.17) is 16.3 Å². The van der Waals surface area contributed by atoms with Gasteiger partial charge < -0.3 is 15.0 Å². The summed E-state index contributed by atoms with van der Waals surface area (Å²) in [6.45, 7) is 3.63. The highest BCUT2D eigenvalue weighted by Crippen LogP contribution is 2.37. The monoisotopic (exact) mass is 464 g/mol. The van der Waals surface area contributed by atoms with Gasteiger partial charge in [0, 0.05) is 18.8 Å². The van der Waals surface area contributed by atoms with Crippen LogP contribution in [0.3, 0.4) is 0 Å². The van der Waals surface area contributed by atoms with Gasteiger partial charge in [0.15, 0.2) is 0 Å². The lowest BCUT2D eigenvalue weighted by Gasteiger charge is -2.30. The number of hydrogen-bond acceptors (Lipinski definition) is 6. The maximum atomic E-state index is 13.1. The molecule has 1 aliphatic heterocycles. The van der Waals surface area contributed by atoms with Gasteiger partial charge in [-0.2, -0.15) is 0 Å². The number of halogens is 1. The van der Waals surface area contributed by atoms with E-state index in [-0.39, 0.29) is 5.91 Å². The highest BCUT2D eigenvalue weighted by molar-refractivity contribution is 7.20. The van der Waals surface area contributed by atoms with Gasteiger partial charge in [-0.25, -0.2) is 9.97 Å². The molecule has 4 aromatic rings. The third-order valence-electron chi connectivity index (χ3n) is 5.75. The Morgan fingerprint density at radius 2 is 2.00 bits per heavy atom. The van der Waals surface area contributed by atoms with Gasteiger partial charge in [-0.3, -0.25) is 4.79 Å². The first kappa shape index (κ1) is 20.7. The van der Waals surface area contributed by atoms with Crippen LogP contribution in [0.4, 0.5) is 11.5 Å². The van der Waals surface area contributed by atoms with E-state index >= 15 is 0 Å². The summed E-state index contributed by atoms with van der Waals surface area (Å²) in [4.78, 5) is 25.8. The quantitative estimate of drug-likeness (QED) is 0.433. The van der Waals surface area contributed by atoms with Gasteiger partial charge in [0.25, 0.3) is 5.91 Å². The molecule has 162 valence electrons. The number of carbonyl (C=O) groups excluding carboxylic acids is 1. The molecule has 0 bridgehead atoms. The number of carbonyl (C=O) groups is 1. The van der Waals surface area contributed by atoms with Crippen molar-refractivity contribution in [1.82, 2.24) is 9.97 Å². The van der Waals surface area contributed by atoms with Crippen molar-refractivity contribution in [3.05, 3.63) is 75.4 Å². The number of nitrogens with one attached hydrogen (secondary N) is 1. The summed E-state index contributed by atoms with van der Waals surface area (Å²) >= 11 is 7.58. The van der Waals surface area contributed by atoms with Crippen LogP contribution >= 0.6 is 22.9 Å². The number of anilines is 2. The van der Waals surface area contributed by atoms with Crippen molar-refractivity contribution in [3.63, 3.8) is 0 Å². The topological polar surface area (TPSA) is 67.3 Å². The molecular formula is C24H21ClN4O2S. The predicted molar refractivity (Wildman–Crippen MR) is 129 cm³/mol. The first-order valence-electron chi connectivity index (χ1n) is 10.3. The van der Waals surface area contributed by atoms with Crippen LogP contribution in [0.15, 0.2) is 48.8 Å². The second-order valence-electron chi connectivity index (χ2n) is 7.68. The van der Waals surface area contributed by atoms with E-state index in [2.05, 4.69) is 44.5 Å². The number of aromatic nitrogens is 2. The summed E-state index contributed by atoms with van der Waals surface area (Å²) in [5, 5.41) is 4.32. The SMILES string of the molecule is COc1ccc(NC(=O)c2sc3ncnc(N4CCc5ccccc5C4)c3c2C)cc1Cl. The molecule has 0 saturated carbocycles. The second-order valence-corrected chi connectivity index (χ2v) is 9.08.